The summed E-state index contributed by atoms with van der Waals surface area (Å²) in [6.45, 7) is 1.98. The predicted octanol–water partition coefficient (Wildman–Crippen LogP) is 0.347. The molecule has 18 heavy (non-hydrogen) atoms. The van der Waals surface area contributed by atoms with E-state index in [1.807, 2.05) is 0 Å². The molecule has 0 atom stereocenters. The van der Waals surface area contributed by atoms with Crippen molar-refractivity contribution < 1.29 is 9.53 Å². The summed E-state index contributed by atoms with van der Waals surface area (Å²) >= 11 is 0. The van der Waals surface area contributed by atoms with E-state index in [4.69, 9.17) is 4.74 Å². The molecule has 0 aliphatic heterocycles. The summed E-state index contributed by atoms with van der Waals surface area (Å²) < 4.78 is 6.27. The molecule has 7 nitrogen and oxygen atoms in total. The second kappa shape index (κ2) is 4.82. The number of aromatic nitrogens is 4. The smallest absolute Gasteiger partial charge is 0.378 e. The van der Waals surface area contributed by atoms with Gasteiger partial charge in [-0.05, 0) is 13.0 Å². The van der Waals surface area contributed by atoms with Crippen molar-refractivity contribution in [1.82, 2.24) is 19.7 Å². The lowest BCUT2D eigenvalue weighted by Gasteiger charge is -1.97. The number of hydrogen-bond donors (Lipinski definition) is 1. The Labute approximate surface area is 102 Å². The number of aromatic amines is 1. The zero-order valence-corrected chi connectivity index (χ0v) is 10.0. The minimum atomic E-state index is -0.566. The Kier molecular flexibility index (Phi) is 3.22. The van der Waals surface area contributed by atoms with E-state index in [0.29, 0.717) is 11.4 Å². The number of ether oxygens (including phenoxy) is 1. The lowest BCUT2D eigenvalue weighted by molar-refractivity contribution is 0.0512. The molecule has 94 valence electrons. The lowest BCUT2D eigenvalue weighted by atomic mass is 10.3. The van der Waals surface area contributed by atoms with E-state index in [-0.39, 0.29) is 18.0 Å². The number of aryl methyl sites for hydroxylation is 1. The van der Waals surface area contributed by atoms with Gasteiger partial charge in [-0.25, -0.2) is 14.5 Å². The van der Waals surface area contributed by atoms with Gasteiger partial charge in [0.1, 0.15) is 0 Å². The molecule has 0 aliphatic carbocycles. The maximum absolute atomic E-state index is 11.5. The normalized spacial score (nSPS) is 10.3. The van der Waals surface area contributed by atoms with Crippen molar-refractivity contribution in [3.8, 4) is 11.4 Å². The van der Waals surface area contributed by atoms with Crippen LogP contribution in [0.1, 0.15) is 17.5 Å². The van der Waals surface area contributed by atoms with E-state index in [1.165, 1.54) is 16.9 Å². The van der Waals surface area contributed by atoms with Gasteiger partial charge in [-0.3, -0.25) is 4.79 Å². The molecule has 0 saturated carbocycles. The molecule has 0 aliphatic rings. The average molecular weight is 248 g/mol. The second-order valence-corrected chi connectivity index (χ2v) is 3.54. The third kappa shape index (κ3) is 2.29. The second-order valence-electron chi connectivity index (χ2n) is 3.54. The van der Waals surface area contributed by atoms with Gasteiger partial charge in [-0.15, -0.1) is 5.10 Å². The third-order valence-electron chi connectivity index (χ3n) is 2.26. The van der Waals surface area contributed by atoms with Gasteiger partial charge in [0, 0.05) is 24.9 Å². The van der Waals surface area contributed by atoms with Crippen LogP contribution in [0.5, 0.6) is 0 Å². The molecular formula is C11H12N4O3. The molecule has 1 N–H and O–H groups in total. The topological polar surface area (TPSA) is 89.9 Å². The molecule has 0 bridgehead atoms. The number of pyridine rings is 1. The fourth-order valence-corrected chi connectivity index (χ4v) is 1.47. The molecule has 0 amide bonds. The van der Waals surface area contributed by atoms with Gasteiger partial charge in [-0.1, -0.05) is 0 Å². The van der Waals surface area contributed by atoms with Crippen molar-refractivity contribution in [3.05, 3.63) is 34.5 Å². The standard InChI is InChI=1S/C11H12N4O3/c1-3-18-11(17)9-13-10(15(2)14-9)7-4-5-8(16)12-6-7/h4-6H,3H2,1-2H3,(H,12,16). The van der Waals surface area contributed by atoms with Gasteiger partial charge < -0.3 is 9.72 Å². The van der Waals surface area contributed by atoms with Crippen molar-refractivity contribution >= 4 is 5.97 Å². The van der Waals surface area contributed by atoms with Gasteiger partial charge in [-0.2, -0.15) is 0 Å². The number of carbonyl (C=O) groups excluding carboxylic acids is 1. The van der Waals surface area contributed by atoms with E-state index >= 15 is 0 Å². The van der Waals surface area contributed by atoms with Gasteiger partial charge in [0.25, 0.3) is 5.82 Å². The number of rotatable bonds is 3. The van der Waals surface area contributed by atoms with Crippen LogP contribution < -0.4 is 5.56 Å². The third-order valence-corrected chi connectivity index (χ3v) is 2.26. The zero-order chi connectivity index (χ0) is 13.1. The highest BCUT2D eigenvalue weighted by atomic mass is 16.5. The van der Waals surface area contributed by atoms with Crippen molar-refractivity contribution in [3.63, 3.8) is 0 Å². The molecule has 0 aromatic carbocycles. The Morgan fingerprint density at radius 1 is 1.50 bits per heavy atom. The van der Waals surface area contributed by atoms with Gasteiger partial charge in [0.2, 0.25) is 5.56 Å². The highest BCUT2D eigenvalue weighted by Gasteiger charge is 2.16. The molecule has 2 heterocycles. The van der Waals surface area contributed by atoms with Crippen molar-refractivity contribution in [2.45, 2.75) is 6.92 Å². The summed E-state index contributed by atoms with van der Waals surface area (Å²) in [6.07, 6.45) is 1.52. The van der Waals surface area contributed by atoms with E-state index in [0.717, 1.165) is 0 Å². The summed E-state index contributed by atoms with van der Waals surface area (Å²) in [5, 5.41) is 3.97. The summed E-state index contributed by atoms with van der Waals surface area (Å²) in [5.41, 5.74) is 0.465. The summed E-state index contributed by atoms with van der Waals surface area (Å²) in [7, 11) is 1.66. The number of nitrogens with zero attached hydrogens (tertiary/aromatic N) is 3. The first kappa shape index (κ1) is 12.0. The van der Waals surface area contributed by atoms with Crippen LogP contribution >= 0.6 is 0 Å². The fraction of sp³-hybridized carbons (Fsp3) is 0.273. The Balaban J connectivity index is 2.37. The van der Waals surface area contributed by atoms with E-state index in [2.05, 4.69) is 15.1 Å². The summed E-state index contributed by atoms with van der Waals surface area (Å²) in [6, 6.07) is 2.99. The Morgan fingerprint density at radius 2 is 2.28 bits per heavy atom. The SMILES string of the molecule is CCOC(=O)c1nc(-c2ccc(=O)[nH]c2)n(C)n1. The van der Waals surface area contributed by atoms with Crippen LogP contribution in [0.3, 0.4) is 0 Å². The Hall–Kier alpha value is -2.44. The average Bonchev–Trinajstić information content (AvgIpc) is 2.73. The van der Waals surface area contributed by atoms with Crippen LogP contribution in [0.2, 0.25) is 0 Å². The lowest BCUT2D eigenvalue weighted by Crippen LogP contribution is -2.07. The fourth-order valence-electron chi connectivity index (χ4n) is 1.47. The number of carbonyl (C=O) groups is 1. The van der Waals surface area contributed by atoms with Gasteiger partial charge in [0.05, 0.1) is 6.61 Å². The molecule has 0 spiro atoms. The summed E-state index contributed by atoms with van der Waals surface area (Å²) in [5.74, 6) is -0.0846. The summed E-state index contributed by atoms with van der Waals surface area (Å²) in [4.78, 5) is 29.1. The highest BCUT2D eigenvalue weighted by Crippen LogP contribution is 2.14. The van der Waals surface area contributed by atoms with Crippen LogP contribution in [0.4, 0.5) is 0 Å². The number of nitrogens with one attached hydrogen (secondary N) is 1. The molecule has 2 rings (SSSR count). The Bertz CT molecular complexity index is 609. The molecule has 2 aromatic heterocycles. The first-order valence-corrected chi connectivity index (χ1v) is 5.39. The minimum Gasteiger partial charge on any atom is -0.460 e. The number of H-pyrrole nitrogens is 1. The van der Waals surface area contributed by atoms with Crippen LogP contribution in [0.15, 0.2) is 23.1 Å². The molecule has 2 aromatic rings. The van der Waals surface area contributed by atoms with E-state index in [1.54, 1.807) is 20.0 Å². The van der Waals surface area contributed by atoms with Crippen LogP contribution in [-0.2, 0) is 11.8 Å². The zero-order valence-electron chi connectivity index (χ0n) is 10.0. The molecular weight excluding hydrogens is 236 g/mol. The van der Waals surface area contributed by atoms with Crippen molar-refractivity contribution in [1.29, 1.82) is 0 Å². The van der Waals surface area contributed by atoms with Crippen molar-refractivity contribution in [2.75, 3.05) is 6.61 Å². The minimum absolute atomic E-state index is 0.000509. The first-order chi connectivity index (χ1) is 8.61. The van der Waals surface area contributed by atoms with E-state index in [9.17, 15) is 9.59 Å². The molecule has 7 heteroatoms. The van der Waals surface area contributed by atoms with Crippen LogP contribution in [-0.4, -0.2) is 32.3 Å². The maximum Gasteiger partial charge on any atom is 0.378 e. The van der Waals surface area contributed by atoms with Crippen LogP contribution in [0.25, 0.3) is 11.4 Å². The van der Waals surface area contributed by atoms with Crippen LogP contribution in [0, 0.1) is 0 Å². The number of esters is 1. The number of hydrogen-bond acceptors (Lipinski definition) is 5. The first-order valence-electron chi connectivity index (χ1n) is 5.39. The predicted molar refractivity (Wildman–Crippen MR) is 63.0 cm³/mol. The molecule has 0 unspecified atom stereocenters. The van der Waals surface area contributed by atoms with Crippen molar-refractivity contribution in [2.24, 2.45) is 7.05 Å². The highest BCUT2D eigenvalue weighted by molar-refractivity contribution is 5.85. The van der Waals surface area contributed by atoms with Gasteiger partial charge >= 0.3 is 5.97 Å². The molecule has 0 saturated heterocycles. The quantitative estimate of drug-likeness (QED) is 0.791. The monoisotopic (exact) mass is 248 g/mol. The van der Waals surface area contributed by atoms with Gasteiger partial charge in [0.15, 0.2) is 5.82 Å². The Morgan fingerprint density at radius 3 is 2.89 bits per heavy atom. The molecule has 0 radical (unpaired) electrons. The molecule has 0 fully saturated rings. The maximum atomic E-state index is 11.5. The van der Waals surface area contributed by atoms with E-state index < -0.39 is 5.97 Å². The largest absolute Gasteiger partial charge is 0.460 e.